The van der Waals surface area contributed by atoms with Crippen molar-refractivity contribution in [1.29, 1.82) is 0 Å². The summed E-state index contributed by atoms with van der Waals surface area (Å²) in [6, 6.07) is 8.18. The van der Waals surface area contributed by atoms with Gasteiger partial charge >= 0.3 is 12.2 Å². The Morgan fingerprint density at radius 3 is 2.52 bits per heavy atom. The predicted molar refractivity (Wildman–Crippen MR) is 116 cm³/mol. The van der Waals surface area contributed by atoms with Gasteiger partial charge in [0.05, 0.1) is 23.4 Å². The molecule has 7 nitrogen and oxygen atoms in total. The summed E-state index contributed by atoms with van der Waals surface area (Å²) in [5.41, 5.74) is 0.429. The molecule has 2 N–H and O–H groups in total. The highest BCUT2D eigenvalue weighted by molar-refractivity contribution is 6.10. The molecule has 0 saturated carbocycles. The number of amides is 4. The number of nitrogens with one attached hydrogen (secondary N) is 2. The fraction of sp³-hybridized carbons (Fsp3) is 0.348. The Hall–Kier alpha value is -3.56. The van der Waals surface area contributed by atoms with Crippen molar-refractivity contribution in [2.75, 3.05) is 25.0 Å². The van der Waals surface area contributed by atoms with Crippen LogP contribution in [0.3, 0.4) is 0 Å². The number of benzene rings is 2. The first kappa shape index (κ1) is 22.6. The van der Waals surface area contributed by atoms with Crippen LogP contribution in [0.25, 0.3) is 11.1 Å². The molecule has 2 aliphatic heterocycles. The molecule has 4 amide bonds. The maximum atomic E-state index is 13.3. The number of nitrogens with zero attached hydrogens (tertiary/aromatic N) is 2. The molecule has 4 rings (SSSR count). The molecule has 2 aliphatic rings. The molecule has 1 atom stereocenters. The van der Waals surface area contributed by atoms with Gasteiger partial charge in [-0.1, -0.05) is 18.2 Å². The molecule has 10 heteroatoms. The SMILES string of the molecule is CC(C)NC(=O)N1CCN2C(=O)c3cc(-c4cccc(C(F)(F)F)c4)ccc3NC(=O)C2C1. The Morgan fingerprint density at radius 2 is 1.82 bits per heavy atom. The van der Waals surface area contributed by atoms with Gasteiger partial charge in [-0.3, -0.25) is 9.59 Å². The van der Waals surface area contributed by atoms with Crippen molar-refractivity contribution in [3.63, 3.8) is 0 Å². The zero-order valence-electron chi connectivity index (χ0n) is 18.1. The normalized spacial score (nSPS) is 18.4. The zero-order chi connectivity index (χ0) is 23.9. The van der Waals surface area contributed by atoms with E-state index in [1.54, 1.807) is 6.07 Å². The summed E-state index contributed by atoms with van der Waals surface area (Å²) in [5, 5.41) is 5.51. The quantitative estimate of drug-likeness (QED) is 0.719. The third-order valence-electron chi connectivity index (χ3n) is 5.67. The van der Waals surface area contributed by atoms with Crippen LogP contribution in [0, 0.1) is 0 Å². The van der Waals surface area contributed by atoms with E-state index in [1.165, 1.54) is 34.1 Å². The molecule has 0 aliphatic carbocycles. The Bertz CT molecular complexity index is 1120. The fourth-order valence-corrected chi connectivity index (χ4v) is 4.03. The number of fused-ring (bicyclic) bond motifs is 2. The molecule has 2 aromatic rings. The molecular weight excluding hydrogens is 437 g/mol. The first-order valence-electron chi connectivity index (χ1n) is 10.5. The maximum Gasteiger partial charge on any atom is 0.416 e. The second kappa shape index (κ2) is 8.42. The molecule has 0 radical (unpaired) electrons. The minimum atomic E-state index is -4.49. The zero-order valence-corrected chi connectivity index (χ0v) is 18.1. The molecule has 1 saturated heterocycles. The van der Waals surface area contributed by atoms with Gasteiger partial charge in [0.15, 0.2) is 0 Å². The molecule has 0 spiro atoms. The van der Waals surface area contributed by atoms with Crippen LogP contribution in [0.1, 0.15) is 29.8 Å². The van der Waals surface area contributed by atoms with Crippen molar-refractivity contribution in [2.24, 2.45) is 0 Å². The van der Waals surface area contributed by atoms with Crippen molar-refractivity contribution < 1.29 is 27.6 Å². The third-order valence-corrected chi connectivity index (χ3v) is 5.67. The largest absolute Gasteiger partial charge is 0.416 e. The van der Waals surface area contributed by atoms with Crippen LogP contribution < -0.4 is 10.6 Å². The average molecular weight is 460 g/mol. The van der Waals surface area contributed by atoms with Gasteiger partial charge in [-0.05, 0) is 49.2 Å². The molecule has 1 fully saturated rings. The van der Waals surface area contributed by atoms with E-state index in [2.05, 4.69) is 10.6 Å². The van der Waals surface area contributed by atoms with Gasteiger partial charge in [-0.25, -0.2) is 4.79 Å². The number of rotatable bonds is 2. The van der Waals surface area contributed by atoms with Crippen LogP contribution >= 0.6 is 0 Å². The number of hydrogen-bond acceptors (Lipinski definition) is 3. The topological polar surface area (TPSA) is 81.8 Å². The molecule has 33 heavy (non-hydrogen) atoms. The van der Waals surface area contributed by atoms with Gasteiger partial charge in [0.25, 0.3) is 5.91 Å². The Balaban J connectivity index is 1.63. The monoisotopic (exact) mass is 460 g/mol. The third kappa shape index (κ3) is 4.50. The van der Waals surface area contributed by atoms with E-state index in [9.17, 15) is 27.6 Å². The summed E-state index contributed by atoms with van der Waals surface area (Å²) in [5.74, 6) is -0.831. The smallest absolute Gasteiger partial charge is 0.336 e. The first-order chi connectivity index (χ1) is 15.5. The number of alkyl halides is 3. The summed E-state index contributed by atoms with van der Waals surface area (Å²) in [6.07, 6.45) is -4.49. The van der Waals surface area contributed by atoms with Gasteiger partial charge in [-0.15, -0.1) is 0 Å². The van der Waals surface area contributed by atoms with Gasteiger partial charge < -0.3 is 20.4 Å². The predicted octanol–water partition coefficient (Wildman–Crippen LogP) is 3.57. The summed E-state index contributed by atoms with van der Waals surface area (Å²) in [7, 11) is 0. The van der Waals surface area contributed by atoms with Crippen molar-refractivity contribution >= 4 is 23.5 Å². The van der Waals surface area contributed by atoms with E-state index in [1.807, 2.05) is 13.8 Å². The van der Waals surface area contributed by atoms with Crippen LogP contribution in [-0.4, -0.2) is 59.4 Å². The second-order valence-electron chi connectivity index (χ2n) is 8.39. The highest BCUT2D eigenvalue weighted by Gasteiger charge is 2.40. The van der Waals surface area contributed by atoms with E-state index < -0.39 is 29.6 Å². The molecule has 1 unspecified atom stereocenters. The van der Waals surface area contributed by atoms with Crippen molar-refractivity contribution in [3.8, 4) is 11.1 Å². The minimum absolute atomic E-state index is 0.0462. The highest BCUT2D eigenvalue weighted by Crippen LogP contribution is 2.34. The molecule has 174 valence electrons. The maximum absolute atomic E-state index is 13.3. The van der Waals surface area contributed by atoms with Gasteiger partial charge in [0.2, 0.25) is 5.91 Å². The minimum Gasteiger partial charge on any atom is -0.336 e. The molecule has 0 bridgehead atoms. The van der Waals surface area contributed by atoms with Gasteiger partial charge in [0, 0.05) is 19.1 Å². The fourth-order valence-electron chi connectivity index (χ4n) is 4.03. The summed E-state index contributed by atoms with van der Waals surface area (Å²) in [6.45, 7) is 4.13. The lowest BCUT2D eigenvalue weighted by Gasteiger charge is -2.39. The van der Waals surface area contributed by atoms with Crippen molar-refractivity contribution in [2.45, 2.75) is 32.1 Å². The van der Waals surface area contributed by atoms with Crippen LogP contribution in [-0.2, 0) is 11.0 Å². The van der Waals surface area contributed by atoms with Crippen molar-refractivity contribution in [1.82, 2.24) is 15.1 Å². The van der Waals surface area contributed by atoms with Crippen LogP contribution in [0.4, 0.5) is 23.7 Å². The number of anilines is 1. The van der Waals surface area contributed by atoms with Gasteiger partial charge in [-0.2, -0.15) is 13.2 Å². The lowest BCUT2D eigenvalue weighted by molar-refractivity contribution is -0.137. The lowest BCUT2D eigenvalue weighted by Crippen LogP contribution is -2.61. The number of hydrogen-bond donors (Lipinski definition) is 2. The number of carbonyl (C=O) groups excluding carboxylic acids is 3. The molecule has 2 aromatic carbocycles. The summed E-state index contributed by atoms with van der Waals surface area (Å²) >= 11 is 0. The van der Waals surface area contributed by atoms with Crippen molar-refractivity contribution in [3.05, 3.63) is 53.6 Å². The lowest BCUT2D eigenvalue weighted by atomic mass is 9.99. The number of halogens is 3. The first-order valence-corrected chi connectivity index (χ1v) is 10.5. The average Bonchev–Trinajstić information content (AvgIpc) is 2.87. The van der Waals surface area contributed by atoms with E-state index in [4.69, 9.17) is 0 Å². The van der Waals surface area contributed by atoms with E-state index in [0.29, 0.717) is 11.1 Å². The Kier molecular flexibility index (Phi) is 5.77. The number of urea groups is 1. The molecule has 0 aromatic heterocycles. The number of carbonyl (C=O) groups is 3. The van der Waals surface area contributed by atoms with Gasteiger partial charge in [0.1, 0.15) is 6.04 Å². The van der Waals surface area contributed by atoms with Crippen LogP contribution in [0.5, 0.6) is 0 Å². The standard InChI is InChI=1S/C23H23F3N4O3/c1-13(2)27-22(33)29-8-9-30-19(12-29)20(31)28-18-7-6-15(11-17(18)21(30)32)14-4-3-5-16(10-14)23(24,25)26/h3-7,10-11,13,19H,8-9,12H2,1-2H3,(H,27,33)(H,28,31). The molecular formula is C23H23F3N4O3. The number of piperazine rings is 1. The molecule has 2 heterocycles. The van der Waals surface area contributed by atoms with E-state index >= 15 is 0 Å². The summed E-state index contributed by atoms with van der Waals surface area (Å²) < 4.78 is 39.4. The van der Waals surface area contributed by atoms with E-state index in [-0.39, 0.29) is 43.0 Å². The van der Waals surface area contributed by atoms with Crippen LogP contribution in [0.15, 0.2) is 42.5 Å². The van der Waals surface area contributed by atoms with E-state index in [0.717, 1.165) is 12.1 Å². The summed E-state index contributed by atoms with van der Waals surface area (Å²) in [4.78, 5) is 41.5. The highest BCUT2D eigenvalue weighted by atomic mass is 19.4. The Labute approximate surface area is 188 Å². The second-order valence-corrected chi connectivity index (χ2v) is 8.39. The van der Waals surface area contributed by atoms with Crippen LogP contribution in [0.2, 0.25) is 0 Å². The Morgan fingerprint density at radius 1 is 1.09 bits per heavy atom.